The van der Waals surface area contributed by atoms with Crippen LogP contribution in [0.25, 0.3) is 10.9 Å². The average molecular weight is 425 g/mol. The van der Waals surface area contributed by atoms with Crippen LogP contribution in [0.1, 0.15) is 16.1 Å². The van der Waals surface area contributed by atoms with Crippen molar-refractivity contribution in [3.05, 3.63) is 70.9 Å². The van der Waals surface area contributed by atoms with Crippen LogP contribution in [0.4, 0.5) is 0 Å². The summed E-state index contributed by atoms with van der Waals surface area (Å²) >= 11 is 6.53. The highest BCUT2D eigenvalue weighted by molar-refractivity contribution is 6.38. The monoisotopic (exact) mass is 424 g/mol. The van der Waals surface area contributed by atoms with Crippen molar-refractivity contribution in [2.24, 2.45) is 7.05 Å². The van der Waals surface area contributed by atoms with Gasteiger partial charge in [0.25, 0.3) is 5.91 Å². The number of fused-ring (bicyclic) bond motifs is 1. The third-order valence-electron chi connectivity index (χ3n) is 5.61. The molecule has 1 fully saturated rings. The molecule has 0 spiro atoms. The minimum Gasteiger partial charge on any atom is -0.351 e. The number of aryl methyl sites for hydroxylation is 1. The Morgan fingerprint density at radius 2 is 1.63 bits per heavy atom. The van der Waals surface area contributed by atoms with Crippen LogP contribution < -0.4 is 5.32 Å². The van der Waals surface area contributed by atoms with E-state index in [4.69, 9.17) is 11.6 Å². The molecule has 0 radical (unpaired) electrons. The highest BCUT2D eigenvalue weighted by Gasteiger charge is 2.27. The topological polar surface area (TPSA) is 57.6 Å². The van der Waals surface area contributed by atoms with Crippen molar-refractivity contribution in [2.45, 2.75) is 6.54 Å². The number of nitrogens with one attached hydrogen (secondary N) is 1. The third-order valence-corrected chi connectivity index (χ3v) is 5.99. The maximum absolute atomic E-state index is 13.1. The summed E-state index contributed by atoms with van der Waals surface area (Å²) < 4.78 is 1.86. The number of hydrogen-bond donors (Lipinski definition) is 1. The summed E-state index contributed by atoms with van der Waals surface area (Å²) in [4.78, 5) is 29.3. The Bertz CT molecular complexity index is 1020. The molecule has 0 atom stereocenters. The van der Waals surface area contributed by atoms with Crippen molar-refractivity contribution in [3.8, 4) is 0 Å². The Labute approximate surface area is 181 Å². The number of hydrogen-bond acceptors (Lipinski definition) is 3. The number of aromatic nitrogens is 1. The number of carbonyl (C=O) groups is 2. The second-order valence-corrected chi connectivity index (χ2v) is 7.95. The maximum atomic E-state index is 13.1. The minimum atomic E-state index is -0.0631. The molecular formula is C23H25ClN4O2. The number of benzene rings is 2. The van der Waals surface area contributed by atoms with Crippen LogP contribution in [0.3, 0.4) is 0 Å². The van der Waals surface area contributed by atoms with Gasteiger partial charge in [0.2, 0.25) is 5.91 Å². The van der Waals surface area contributed by atoms with Crippen molar-refractivity contribution in [1.29, 1.82) is 0 Å². The summed E-state index contributed by atoms with van der Waals surface area (Å²) in [5, 5.41) is 4.34. The van der Waals surface area contributed by atoms with Gasteiger partial charge in [-0.05, 0) is 11.6 Å². The van der Waals surface area contributed by atoms with E-state index < -0.39 is 0 Å². The van der Waals surface area contributed by atoms with Crippen molar-refractivity contribution < 1.29 is 9.59 Å². The van der Waals surface area contributed by atoms with Crippen LogP contribution in [0, 0.1) is 0 Å². The van der Waals surface area contributed by atoms with E-state index in [1.807, 2.05) is 71.1 Å². The molecule has 7 heteroatoms. The van der Waals surface area contributed by atoms with Gasteiger partial charge in [-0.15, -0.1) is 0 Å². The van der Waals surface area contributed by atoms with E-state index >= 15 is 0 Å². The lowest BCUT2D eigenvalue weighted by Crippen LogP contribution is -2.51. The number of carbonyl (C=O) groups excluding carboxylic acids is 2. The molecule has 1 aromatic heterocycles. The first-order valence-corrected chi connectivity index (χ1v) is 10.5. The van der Waals surface area contributed by atoms with Crippen LogP contribution in [0.15, 0.2) is 54.6 Å². The number of piperazine rings is 1. The molecule has 0 bridgehead atoms. The van der Waals surface area contributed by atoms with Gasteiger partial charge < -0.3 is 14.8 Å². The first kappa shape index (κ1) is 20.4. The van der Waals surface area contributed by atoms with E-state index in [1.54, 1.807) is 0 Å². The normalized spacial score (nSPS) is 14.8. The number of nitrogens with zero attached hydrogens (tertiary/aromatic N) is 3. The molecular weight excluding hydrogens is 400 g/mol. The smallest absolute Gasteiger partial charge is 0.272 e. The quantitative estimate of drug-likeness (QED) is 0.685. The highest BCUT2D eigenvalue weighted by atomic mass is 35.5. The lowest BCUT2D eigenvalue weighted by atomic mass is 10.2. The summed E-state index contributed by atoms with van der Waals surface area (Å²) in [6, 6.07) is 17.6. The number of para-hydroxylation sites is 1. The number of rotatable bonds is 5. The molecule has 4 rings (SSSR count). The Morgan fingerprint density at radius 1 is 0.967 bits per heavy atom. The van der Waals surface area contributed by atoms with Crippen LogP contribution in [0.2, 0.25) is 5.02 Å². The molecule has 2 amide bonds. The molecule has 2 aromatic carbocycles. The second-order valence-electron chi connectivity index (χ2n) is 7.57. The zero-order valence-corrected chi connectivity index (χ0v) is 17.7. The average Bonchev–Trinajstić information content (AvgIpc) is 3.03. The summed E-state index contributed by atoms with van der Waals surface area (Å²) in [5.41, 5.74) is 2.54. The van der Waals surface area contributed by atoms with Gasteiger partial charge in [0.1, 0.15) is 5.69 Å². The van der Waals surface area contributed by atoms with Crippen LogP contribution >= 0.6 is 11.6 Å². The molecule has 1 aliphatic heterocycles. The van der Waals surface area contributed by atoms with Gasteiger partial charge in [-0.1, -0.05) is 60.1 Å². The SMILES string of the molecule is Cn1c(C(=O)N2CCN(CC(=O)NCc3ccccc3)CC2)c(Cl)c2ccccc21. The molecule has 0 unspecified atom stereocenters. The van der Waals surface area contributed by atoms with E-state index in [-0.39, 0.29) is 11.8 Å². The van der Waals surface area contributed by atoms with Crippen molar-refractivity contribution in [2.75, 3.05) is 32.7 Å². The third kappa shape index (κ3) is 4.20. The molecule has 6 nitrogen and oxygen atoms in total. The van der Waals surface area contributed by atoms with E-state index in [9.17, 15) is 9.59 Å². The lowest BCUT2D eigenvalue weighted by Gasteiger charge is -2.34. The van der Waals surface area contributed by atoms with Crippen molar-refractivity contribution in [1.82, 2.24) is 19.7 Å². The first-order valence-electron chi connectivity index (χ1n) is 10.1. The lowest BCUT2D eigenvalue weighted by molar-refractivity contribution is -0.122. The minimum absolute atomic E-state index is 0.00430. The molecule has 156 valence electrons. The molecule has 1 saturated heterocycles. The molecule has 0 saturated carbocycles. The Hall–Kier alpha value is -2.83. The highest BCUT2D eigenvalue weighted by Crippen LogP contribution is 2.30. The molecule has 0 aliphatic carbocycles. The van der Waals surface area contributed by atoms with E-state index in [2.05, 4.69) is 10.2 Å². The fourth-order valence-electron chi connectivity index (χ4n) is 3.90. The van der Waals surface area contributed by atoms with Crippen LogP contribution in [0.5, 0.6) is 0 Å². The van der Waals surface area contributed by atoms with Crippen LogP contribution in [-0.2, 0) is 18.4 Å². The van der Waals surface area contributed by atoms with Gasteiger partial charge >= 0.3 is 0 Å². The van der Waals surface area contributed by atoms with E-state index in [1.165, 1.54) is 0 Å². The Kier molecular flexibility index (Phi) is 6.06. The molecule has 3 aromatic rings. The first-order chi connectivity index (χ1) is 14.5. The van der Waals surface area contributed by atoms with Gasteiger partial charge in [0.15, 0.2) is 0 Å². The zero-order valence-electron chi connectivity index (χ0n) is 17.0. The Balaban J connectivity index is 1.32. The Morgan fingerprint density at radius 3 is 2.33 bits per heavy atom. The van der Waals surface area contributed by atoms with Gasteiger partial charge in [0, 0.05) is 50.7 Å². The van der Waals surface area contributed by atoms with Crippen LogP contribution in [-0.4, -0.2) is 58.9 Å². The van der Waals surface area contributed by atoms with Crippen molar-refractivity contribution in [3.63, 3.8) is 0 Å². The summed E-state index contributed by atoms with van der Waals surface area (Å²) in [6.45, 7) is 3.32. The van der Waals surface area contributed by atoms with E-state index in [0.717, 1.165) is 16.5 Å². The second kappa shape index (κ2) is 8.90. The van der Waals surface area contributed by atoms with Gasteiger partial charge in [0.05, 0.1) is 11.6 Å². The fourth-order valence-corrected chi connectivity index (χ4v) is 4.27. The number of amides is 2. The maximum Gasteiger partial charge on any atom is 0.272 e. The predicted molar refractivity (Wildman–Crippen MR) is 119 cm³/mol. The largest absolute Gasteiger partial charge is 0.351 e. The summed E-state index contributed by atoms with van der Waals surface area (Å²) in [6.07, 6.45) is 0. The summed E-state index contributed by atoms with van der Waals surface area (Å²) in [7, 11) is 1.87. The van der Waals surface area contributed by atoms with Gasteiger partial charge in [-0.25, -0.2) is 0 Å². The standard InChI is InChI=1S/C23H25ClN4O2/c1-26-19-10-6-5-9-18(19)21(24)22(26)23(30)28-13-11-27(12-14-28)16-20(29)25-15-17-7-3-2-4-8-17/h2-10H,11-16H2,1H3,(H,25,29). The van der Waals surface area contributed by atoms with E-state index in [0.29, 0.717) is 50.0 Å². The molecule has 30 heavy (non-hydrogen) atoms. The fraction of sp³-hybridized carbons (Fsp3) is 0.304. The molecule has 1 N–H and O–H groups in total. The summed E-state index contributed by atoms with van der Waals surface area (Å²) in [5.74, 6) is -0.0674. The zero-order chi connectivity index (χ0) is 21.1. The predicted octanol–water partition coefficient (Wildman–Crippen LogP) is 2.91. The van der Waals surface area contributed by atoms with Gasteiger partial charge in [-0.3, -0.25) is 14.5 Å². The number of halogens is 1. The molecule has 2 heterocycles. The van der Waals surface area contributed by atoms with Gasteiger partial charge in [-0.2, -0.15) is 0 Å². The van der Waals surface area contributed by atoms with Crippen molar-refractivity contribution >= 4 is 34.3 Å². The molecule has 1 aliphatic rings.